The largest absolute Gasteiger partial charge is 0.415 e. The van der Waals surface area contributed by atoms with Gasteiger partial charge in [-0.2, -0.15) is 8.78 Å². The first-order chi connectivity index (χ1) is 15.8. The average Bonchev–Trinajstić information content (AvgIpc) is 3.18. The summed E-state index contributed by atoms with van der Waals surface area (Å²) in [4.78, 5) is 29.3. The van der Waals surface area contributed by atoms with Crippen LogP contribution in [0.15, 0.2) is 54.7 Å². The van der Waals surface area contributed by atoms with E-state index in [0.29, 0.717) is 10.8 Å². The number of nitrogens with two attached hydrogens (primary N) is 1. The molecule has 0 saturated carbocycles. The molecule has 0 aliphatic heterocycles. The van der Waals surface area contributed by atoms with E-state index in [0.717, 1.165) is 10.7 Å². The number of nitrogens with one attached hydrogen (secondary N) is 1. The maximum Gasteiger partial charge on any atom is 0.388 e. The Kier molecular flexibility index (Phi) is 6.12. The third-order valence-electron chi connectivity index (χ3n) is 4.56. The zero-order valence-corrected chi connectivity index (χ0v) is 17.9. The normalized spacial score (nSPS) is 11.1. The molecular formula is C21H13Cl2F2N5O3. The van der Waals surface area contributed by atoms with Crippen LogP contribution in [0.5, 0.6) is 5.88 Å². The van der Waals surface area contributed by atoms with Crippen LogP contribution in [0, 0.1) is 0 Å². The van der Waals surface area contributed by atoms with Gasteiger partial charge in [0.1, 0.15) is 5.69 Å². The molecule has 3 N–H and O–H groups in total. The number of benzene rings is 2. The smallest absolute Gasteiger partial charge is 0.388 e. The van der Waals surface area contributed by atoms with Crippen molar-refractivity contribution in [2.45, 2.75) is 6.61 Å². The highest BCUT2D eigenvalue weighted by molar-refractivity contribution is 6.40. The number of hydrogen-bond acceptors (Lipinski definition) is 5. The van der Waals surface area contributed by atoms with Crippen LogP contribution in [0.25, 0.3) is 16.6 Å². The van der Waals surface area contributed by atoms with Gasteiger partial charge < -0.3 is 15.8 Å². The molecule has 0 aliphatic rings. The monoisotopic (exact) mass is 491 g/mol. The standard InChI is InChI=1S/C21H13Cl2F2N5O3/c22-13-6-3-7-27-19(13)30-14(9-15(29-30)33-21(24)25)20(32)28-17-12(18(26)31)8-10-4-1-2-5-11(10)16(17)23/h1-9,21H,(H2,26,31)(H,28,32). The summed E-state index contributed by atoms with van der Waals surface area (Å²) in [6.07, 6.45) is 1.38. The molecule has 2 aromatic heterocycles. The molecule has 0 radical (unpaired) electrons. The number of fused-ring (bicyclic) bond motifs is 1. The van der Waals surface area contributed by atoms with E-state index in [9.17, 15) is 18.4 Å². The predicted molar refractivity (Wildman–Crippen MR) is 118 cm³/mol. The van der Waals surface area contributed by atoms with Crippen LogP contribution in [-0.4, -0.2) is 33.2 Å². The van der Waals surface area contributed by atoms with Crippen molar-refractivity contribution in [3.63, 3.8) is 0 Å². The number of carbonyl (C=O) groups excluding carboxylic acids is 2. The number of rotatable bonds is 6. The van der Waals surface area contributed by atoms with Gasteiger partial charge in [0, 0.05) is 17.6 Å². The number of amides is 2. The Morgan fingerprint density at radius 2 is 1.88 bits per heavy atom. The van der Waals surface area contributed by atoms with E-state index in [-0.39, 0.29) is 32.8 Å². The highest BCUT2D eigenvalue weighted by Crippen LogP contribution is 2.35. The zero-order chi connectivity index (χ0) is 23.7. The zero-order valence-electron chi connectivity index (χ0n) is 16.4. The first-order valence-corrected chi connectivity index (χ1v) is 10.00. The van der Waals surface area contributed by atoms with Crippen LogP contribution in [0.2, 0.25) is 10.0 Å². The van der Waals surface area contributed by atoms with E-state index in [1.807, 2.05) is 0 Å². The Morgan fingerprint density at radius 1 is 1.12 bits per heavy atom. The molecule has 2 aromatic carbocycles. The number of pyridine rings is 1. The number of primary amides is 1. The van der Waals surface area contributed by atoms with Gasteiger partial charge in [-0.25, -0.2) is 9.67 Å². The van der Waals surface area contributed by atoms with Crippen molar-refractivity contribution in [2.75, 3.05) is 5.32 Å². The lowest BCUT2D eigenvalue weighted by Gasteiger charge is -2.14. The fraction of sp³-hybridized carbons (Fsp3) is 0.0476. The van der Waals surface area contributed by atoms with Crippen molar-refractivity contribution in [2.24, 2.45) is 5.73 Å². The van der Waals surface area contributed by atoms with Crippen molar-refractivity contribution in [1.29, 1.82) is 0 Å². The quantitative estimate of drug-likeness (QED) is 0.406. The lowest BCUT2D eigenvalue weighted by Crippen LogP contribution is -2.21. The second kappa shape index (κ2) is 9.00. The average molecular weight is 492 g/mol. The van der Waals surface area contributed by atoms with Gasteiger partial charge in [0.2, 0.25) is 5.88 Å². The molecule has 2 heterocycles. The molecule has 0 aliphatic carbocycles. The molecule has 4 rings (SSSR count). The van der Waals surface area contributed by atoms with Gasteiger partial charge in [0.05, 0.1) is 21.3 Å². The summed E-state index contributed by atoms with van der Waals surface area (Å²) < 4.78 is 30.8. The van der Waals surface area contributed by atoms with E-state index in [1.54, 1.807) is 30.3 Å². The van der Waals surface area contributed by atoms with Gasteiger partial charge in [0.15, 0.2) is 5.82 Å². The van der Waals surface area contributed by atoms with Crippen LogP contribution >= 0.6 is 23.2 Å². The van der Waals surface area contributed by atoms with Crippen molar-refractivity contribution in [1.82, 2.24) is 14.8 Å². The number of aromatic nitrogens is 3. The fourth-order valence-electron chi connectivity index (χ4n) is 3.16. The molecule has 12 heteroatoms. The highest BCUT2D eigenvalue weighted by atomic mass is 35.5. The summed E-state index contributed by atoms with van der Waals surface area (Å²) in [6, 6.07) is 12.4. The molecule has 4 aromatic rings. The minimum atomic E-state index is -3.18. The molecule has 8 nitrogen and oxygen atoms in total. The second-order valence-electron chi connectivity index (χ2n) is 6.62. The number of carbonyl (C=O) groups is 2. The maximum atomic E-state index is 13.2. The van der Waals surface area contributed by atoms with E-state index in [2.05, 4.69) is 20.1 Å². The maximum absolute atomic E-state index is 13.2. The van der Waals surface area contributed by atoms with Crippen LogP contribution in [0.1, 0.15) is 20.8 Å². The molecular weight excluding hydrogens is 479 g/mol. The Morgan fingerprint density at radius 3 is 2.58 bits per heavy atom. The van der Waals surface area contributed by atoms with Crippen molar-refractivity contribution >= 4 is 51.5 Å². The summed E-state index contributed by atoms with van der Waals surface area (Å²) in [6.45, 7) is -3.18. The predicted octanol–water partition coefficient (Wildman–Crippen LogP) is 4.68. The molecule has 2 amide bonds. The lowest BCUT2D eigenvalue weighted by atomic mass is 10.0. The van der Waals surface area contributed by atoms with Crippen LogP contribution < -0.4 is 15.8 Å². The molecule has 0 atom stereocenters. The summed E-state index contributed by atoms with van der Waals surface area (Å²) >= 11 is 12.6. The first kappa shape index (κ1) is 22.4. The van der Waals surface area contributed by atoms with Crippen LogP contribution in [0.3, 0.4) is 0 Å². The Hall–Kier alpha value is -3.76. The summed E-state index contributed by atoms with van der Waals surface area (Å²) in [5.41, 5.74) is 5.14. The summed E-state index contributed by atoms with van der Waals surface area (Å²) in [5.74, 6) is -2.24. The third-order valence-corrected chi connectivity index (χ3v) is 5.25. The Balaban J connectivity index is 1.82. The molecule has 0 unspecified atom stereocenters. The van der Waals surface area contributed by atoms with Gasteiger partial charge in [-0.3, -0.25) is 9.59 Å². The molecule has 0 saturated heterocycles. The fourth-order valence-corrected chi connectivity index (χ4v) is 3.68. The number of hydrogen-bond donors (Lipinski definition) is 2. The number of ether oxygens (including phenoxy) is 1. The number of anilines is 1. The van der Waals surface area contributed by atoms with Gasteiger partial charge >= 0.3 is 6.61 Å². The Labute approximate surface area is 194 Å². The van der Waals surface area contributed by atoms with Gasteiger partial charge in [-0.15, -0.1) is 5.10 Å². The van der Waals surface area contributed by atoms with E-state index in [1.165, 1.54) is 18.3 Å². The third kappa shape index (κ3) is 4.43. The van der Waals surface area contributed by atoms with Gasteiger partial charge in [0.25, 0.3) is 11.8 Å². The SMILES string of the molecule is NC(=O)c1cc2ccccc2c(Cl)c1NC(=O)c1cc(OC(F)F)nn1-c1ncccc1Cl. The lowest BCUT2D eigenvalue weighted by molar-refractivity contribution is -0.0530. The molecule has 0 bridgehead atoms. The number of alkyl halides is 2. The molecule has 0 spiro atoms. The minimum absolute atomic E-state index is 0.00633. The van der Waals surface area contributed by atoms with Crippen molar-refractivity contribution < 1.29 is 23.1 Å². The van der Waals surface area contributed by atoms with Crippen LogP contribution in [-0.2, 0) is 0 Å². The summed E-state index contributed by atoms with van der Waals surface area (Å²) in [5, 5.41) is 7.73. The molecule has 168 valence electrons. The van der Waals surface area contributed by atoms with E-state index in [4.69, 9.17) is 28.9 Å². The topological polar surface area (TPSA) is 112 Å². The molecule has 33 heavy (non-hydrogen) atoms. The molecule has 0 fully saturated rings. The van der Waals surface area contributed by atoms with E-state index < -0.39 is 24.3 Å². The van der Waals surface area contributed by atoms with Gasteiger partial charge in [-0.05, 0) is 23.6 Å². The first-order valence-electron chi connectivity index (χ1n) is 9.24. The van der Waals surface area contributed by atoms with E-state index >= 15 is 0 Å². The van der Waals surface area contributed by atoms with Crippen molar-refractivity contribution in [3.05, 3.63) is 76.0 Å². The number of halogens is 4. The van der Waals surface area contributed by atoms with Crippen molar-refractivity contribution in [3.8, 4) is 11.7 Å². The number of nitrogens with zero attached hydrogens (tertiary/aromatic N) is 3. The van der Waals surface area contributed by atoms with Crippen LogP contribution in [0.4, 0.5) is 14.5 Å². The minimum Gasteiger partial charge on any atom is -0.415 e. The summed E-state index contributed by atoms with van der Waals surface area (Å²) in [7, 11) is 0. The van der Waals surface area contributed by atoms with Gasteiger partial charge in [-0.1, -0.05) is 47.5 Å². The Bertz CT molecular complexity index is 1390. The highest BCUT2D eigenvalue weighted by Gasteiger charge is 2.24. The second-order valence-corrected chi connectivity index (χ2v) is 7.40.